The molecule has 0 radical (unpaired) electrons. The predicted molar refractivity (Wildman–Crippen MR) is 62.3 cm³/mol. The predicted octanol–water partition coefficient (Wildman–Crippen LogP) is 2.49. The Bertz CT molecular complexity index is 321. The third kappa shape index (κ3) is 2.26. The Morgan fingerprint density at radius 2 is 2.14 bits per heavy atom. The molecular formula is C12H20N2. The topological polar surface area (TPSA) is 30.9 Å². The highest BCUT2D eigenvalue weighted by molar-refractivity contribution is 5.53. The summed E-state index contributed by atoms with van der Waals surface area (Å²) in [4.78, 5) is 0. The van der Waals surface area contributed by atoms with Gasteiger partial charge in [0.15, 0.2) is 0 Å². The van der Waals surface area contributed by atoms with Crippen LogP contribution in [0.4, 0.5) is 0 Å². The van der Waals surface area contributed by atoms with Crippen LogP contribution in [0.5, 0.6) is 0 Å². The van der Waals surface area contributed by atoms with Crippen LogP contribution >= 0.6 is 0 Å². The van der Waals surface area contributed by atoms with Crippen molar-refractivity contribution in [2.75, 3.05) is 6.54 Å². The number of nitrogens with zero attached hydrogens (tertiary/aromatic N) is 1. The van der Waals surface area contributed by atoms with Crippen molar-refractivity contribution in [1.29, 1.82) is 0 Å². The fourth-order valence-corrected chi connectivity index (χ4v) is 1.79. The van der Waals surface area contributed by atoms with Gasteiger partial charge in [-0.25, -0.2) is 0 Å². The standard InChI is InChI=1S/C12H20N2/c1-4-14-10(2)9-12(11(14)3)7-5-6-8-13/h5,7,9H,4,6,8,13H2,1-3H3. The first-order valence-corrected chi connectivity index (χ1v) is 5.24. The maximum absolute atomic E-state index is 5.44. The Labute approximate surface area is 86.4 Å². The van der Waals surface area contributed by atoms with Crippen LogP contribution in [0.15, 0.2) is 12.1 Å². The molecule has 2 N–H and O–H groups in total. The molecule has 1 rings (SSSR count). The normalized spacial score (nSPS) is 11.4. The molecular weight excluding hydrogens is 172 g/mol. The molecule has 14 heavy (non-hydrogen) atoms. The van der Waals surface area contributed by atoms with E-state index < -0.39 is 0 Å². The first-order chi connectivity index (χ1) is 6.70. The van der Waals surface area contributed by atoms with Crippen LogP contribution in [0, 0.1) is 13.8 Å². The first-order valence-electron chi connectivity index (χ1n) is 5.24. The summed E-state index contributed by atoms with van der Waals surface area (Å²) in [5.41, 5.74) is 9.43. The zero-order chi connectivity index (χ0) is 10.6. The third-order valence-corrected chi connectivity index (χ3v) is 2.56. The summed E-state index contributed by atoms with van der Waals surface area (Å²) >= 11 is 0. The van der Waals surface area contributed by atoms with E-state index in [0.717, 1.165) is 19.5 Å². The summed E-state index contributed by atoms with van der Waals surface area (Å²) < 4.78 is 2.32. The molecule has 0 saturated heterocycles. The Kier molecular flexibility index (Phi) is 3.96. The summed E-state index contributed by atoms with van der Waals surface area (Å²) in [7, 11) is 0. The van der Waals surface area contributed by atoms with E-state index in [-0.39, 0.29) is 0 Å². The lowest BCUT2D eigenvalue weighted by molar-refractivity contribution is 0.718. The lowest BCUT2D eigenvalue weighted by Gasteiger charge is -2.04. The van der Waals surface area contributed by atoms with Gasteiger partial charge in [-0.05, 0) is 45.4 Å². The molecule has 0 spiro atoms. The van der Waals surface area contributed by atoms with Crippen molar-refractivity contribution < 1.29 is 0 Å². The number of hydrogen-bond acceptors (Lipinski definition) is 1. The third-order valence-electron chi connectivity index (χ3n) is 2.56. The summed E-state index contributed by atoms with van der Waals surface area (Å²) in [6.07, 6.45) is 5.26. The maximum atomic E-state index is 5.44. The van der Waals surface area contributed by atoms with Gasteiger partial charge >= 0.3 is 0 Å². The smallest absolute Gasteiger partial charge is 0.0218 e. The number of rotatable bonds is 4. The van der Waals surface area contributed by atoms with E-state index in [1.54, 1.807) is 0 Å². The fraction of sp³-hybridized carbons (Fsp3) is 0.500. The van der Waals surface area contributed by atoms with E-state index >= 15 is 0 Å². The highest BCUT2D eigenvalue weighted by Crippen LogP contribution is 2.16. The van der Waals surface area contributed by atoms with E-state index in [2.05, 4.69) is 43.6 Å². The molecule has 1 aromatic rings. The number of nitrogens with two attached hydrogens (primary N) is 1. The largest absolute Gasteiger partial charge is 0.349 e. The monoisotopic (exact) mass is 192 g/mol. The lowest BCUT2D eigenvalue weighted by Crippen LogP contribution is -1.98. The molecule has 0 atom stereocenters. The van der Waals surface area contributed by atoms with Crippen molar-refractivity contribution in [3.05, 3.63) is 29.1 Å². The molecule has 2 heteroatoms. The van der Waals surface area contributed by atoms with Crippen LogP contribution in [0.25, 0.3) is 6.08 Å². The van der Waals surface area contributed by atoms with E-state index in [1.807, 2.05) is 0 Å². The van der Waals surface area contributed by atoms with Gasteiger partial charge in [-0.1, -0.05) is 12.2 Å². The maximum Gasteiger partial charge on any atom is 0.0218 e. The Balaban J connectivity index is 2.88. The summed E-state index contributed by atoms with van der Waals surface area (Å²) in [6.45, 7) is 8.26. The molecule has 0 unspecified atom stereocenters. The average Bonchev–Trinajstić information content (AvgIpc) is 2.42. The van der Waals surface area contributed by atoms with Gasteiger partial charge in [0.1, 0.15) is 0 Å². The van der Waals surface area contributed by atoms with Crippen LogP contribution in [0.3, 0.4) is 0 Å². The molecule has 0 aliphatic heterocycles. The van der Waals surface area contributed by atoms with Gasteiger partial charge in [-0.15, -0.1) is 0 Å². The van der Waals surface area contributed by atoms with Gasteiger partial charge in [-0.2, -0.15) is 0 Å². The summed E-state index contributed by atoms with van der Waals surface area (Å²) in [5.74, 6) is 0. The highest BCUT2D eigenvalue weighted by Gasteiger charge is 2.03. The molecule has 0 aliphatic carbocycles. The molecule has 0 aromatic carbocycles. The number of aromatic nitrogens is 1. The van der Waals surface area contributed by atoms with Crippen molar-refractivity contribution >= 4 is 6.08 Å². The number of aryl methyl sites for hydroxylation is 1. The second-order valence-corrected chi connectivity index (χ2v) is 3.55. The minimum atomic E-state index is 0.725. The Morgan fingerprint density at radius 3 is 2.64 bits per heavy atom. The lowest BCUT2D eigenvalue weighted by atomic mass is 10.2. The van der Waals surface area contributed by atoms with Crippen molar-refractivity contribution in [2.45, 2.75) is 33.7 Å². The van der Waals surface area contributed by atoms with E-state index in [0.29, 0.717) is 0 Å². The molecule has 1 heterocycles. The van der Waals surface area contributed by atoms with Crippen LogP contribution < -0.4 is 5.73 Å². The van der Waals surface area contributed by atoms with Crippen molar-refractivity contribution in [3.8, 4) is 0 Å². The van der Waals surface area contributed by atoms with Gasteiger partial charge < -0.3 is 10.3 Å². The zero-order valence-corrected chi connectivity index (χ0v) is 9.38. The zero-order valence-electron chi connectivity index (χ0n) is 9.38. The first kappa shape index (κ1) is 11.1. The second kappa shape index (κ2) is 5.01. The quantitative estimate of drug-likeness (QED) is 0.780. The minimum Gasteiger partial charge on any atom is -0.349 e. The highest BCUT2D eigenvalue weighted by atomic mass is 15.0. The molecule has 78 valence electrons. The Hall–Kier alpha value is -1.02. The van der Waals surface area contributed by atoms with Crippen molar-refractivity contribution in [2.24, 2.45) is 5.73 Å². The van der Waals surface area contributed by atoms with E-state index in [4.69, 9.17) is 5.73 Å². The molecule has 0 saturated carbocycles. The van der Waals surface area contributed by atoms with Crippen LogP contribution in [0.2, 0.25) is 0 Å². The second-order valence-electron chi connectivity index (χ2n) is 3.55. The van der Waals surface area contributed by atoms with E-state index in [9.17, 15) is 0 Å². The van der Waals surface area contributed by atoms with Crippen LogP contribution in [0.1, 0.15) is 30.3 Å². The van der Waals surface area contributed by atoms with Gasteiger partial charge in [0, 0.05) is 17.9 Å². The van der Waals surface area contributed by atoms with E-state index in [1.165, 1.54) is 17.0 Å². The summed E-state index contributed by atoms with van der Waals surface area (Å²) in [6, 6.07) is 2.23. The Morgan fingerprint density at radius 1 is 1.43 bits per heavy atom. The van der Waals surface area contributed by atoms with Gasteiger partial charge in [0.05, 0.1) is 0 Å². The molecule has 0 fully saturated rings. The van der Waals surface area contributed by atoms with Crippen molar-refractivity contribution in [3.63, 3.8) is 0 Å². The van der Waals surface area contributed by atoms with Crippen molar-refractivity contribution in [1.82, 2.24) is 4.57 Å². The van der Waals surface area contributed by atoms with Gasteiger partial charge in [0.2, 0.25) is 0 Å². The van der Waals surface area contributed by atoms with Crippen LogP contribution in [-0.2, 0) is 6.54 Å². The van der Waals surface area contributed by atoms with Gasteiger partial charge in [0.25, 0.3) is 0 Å². The molecule has 1 aromatic heterocycles. The van der Waals surface area contributed by atoms with Crippen LogP contribution in [-0.4, -0.2) is 11.1 Å². The SMILES string of the molecule is CCn1c(C)cc(C=CCCN)c1C. The summed E-state index contributed by atoms with van der Waals surface area (Å²) in [5, 5.41) is 0. The molecule has 0 amide bonds. The van der Waals surface area contributed by atoms with Gasteiger partial charge in [-0.3, -0.25) is 0 Å². The minimum absolute atomic E-state index is 0.725. The average molecular weight is 192 g/mol. The number of hydrogen-bond donors (Lipinski definition) is 1. The fourth-order valence-electron chi connectivity index (χ4n) is 1.79. The molecule has 0 aliphatic rings. The molecule has 0 bridgehead atoms. The molecule has 2 nitrogen and oxygen atoms in total.